The maximum atomic E-state index is 5.66. The molecule has 1 N–H and O–H groups in total. The molecule has 0 aliphatic carbocycles. The molecule has 2 aromatic carbocycles. The highest BCUT2D eigenvalue weighted by Crippen LogP contribution is 2.24. The molecule has 1 aromatic heterocycles. The fraction of sp³-hybridized carbons (Fsp3) is 0.318. The second kappa shape index (κ2) is 9.67. The van der Waals surface area contributed by atoms with Gasteiger partial charge >= 0.3 is 0 Å². The number of rotatable bonds is 6. The lowest BCUT2D eigenvalue weighted by molar-refractivity contribution is 0.0723. The van der Waals surface area contributed by atoms with E-state index in [1.165, 1.54) is 0 Å². The van der Waals surface area contributed by atoms with Gasteiger partial charge in [0.1, 0.15) is 6.10 Å². The second-order valence-electron chi connectivity index (χ2n) is 7.06. The van der Waals surface area contributed by atoms with Gasteiger partial charge in [-0.3, -0.25) is 0 Å². The van der Waals surface area contributed by atoms with Crippen LogP contribution in [0.4, 0.5) is 0 Å². The van der Waals surface area contributed by atoms with Crippen LogP contribution in [0, 0.1) is 0 Å². The smallest absolute Gasteiger partial charge is 0.231 e. The zero-order valence-electron chi connectivity index (χ0n) is 16.5. The van der Waals surface area contributed by atoms with E-state index in [0.717, 1.165) is 41.9 Å². The van der Waals surface area contributed by atoms with Crippen LogP contribution in [0.15, 0.2) is 64.3 Å². The molecule has 1 fully saturated rings. The number of nitrogens with zero attached hydrogens (tertiary/aromatic N) is 3. The molecule has 152 valence electrons. The van der Waals surface area contributed by atoms with Crippen LogP contribution < -0.4 is 5.32 Å². The molecule has 29 heavy (non-hydrogen) atoms. The second-order valence-corrected chi connectivity index (χ2v) is 7.06. The Hall–Kier alpha value is -2.70. The van der Waals surface area contributed by atoms with Crippen molar-refractivity contribution in [1.82, 2.24) is 15.5 Å². The molecule has 0 amide bonds. The van der Waals surface area contributed by atoms with E-state index in [0.29, 0.717) is 17.6 Å². The van der Waals surface area contributed by atoms with E-state index in [9.17, 15) is 0 Å². The zero-order valence-corrected chi connectivity index (χ0v) is 17.4. The van der Waals surface area contributed by atoms with Crippen molar-refractivity contribution in [2.45, 2.75) is 32.3 Å². The third-order valence-electron chi connectivity index (χ3n) is 5.03. The first-order chi connectivity index (χ1) is 13.7. The van der Waals surface area contributed by atoms with E-state index in [4.69, 9.17) is 9.36 Å². The summed E-state index contributed by atoms with van der Waals surface area (Å²) < 4.78 is 5.44. The van der Waals surface area contributed by atoms with Gasteiger partial charge in [0.25, 0.3) is 0 Å². The first-order valence-electron chi connectivity index (χ1n) is 9.61. The molecule has 1 saturated heterocycles. The molecule has 2 atom stereocenters. The summed E-state index contributed by atoms with van der Waals surface area (Å²) in [5, 5.41) is 11.7. The molecule has 2 heterocycles. The standard InChI is InChI=1S/C22H24N4O2.ClH/c1-15(25-27-16(2)18-6-4-3-5-7-18)17-8-10-19(11-9-17)21-24-22(28-26-21)20-12-13-23-14-20;/h3-11,16,20,23H,12-14H2,1-2H3;1H/b25-15+;/t16?,20-;/m1./s1. The average Bonchev–Trinajstić information content (AvgIpc) is 3.44. The Kier molecular flexibility index (Phi) is 7.01. The van der Waals surface area contributed by atoms with E-state index < -0.39 is 0 Å². The van der Waals surface area contributed by atoms with Crippen LogP contribution in [-0.4, -0.2) is 28.9 Å². The minimum absolute atomic E-state index is 0. The van der Waals surface area contributed by atoms with Crippen molar-refractivity contribution in [3.05, 3.63) is 71.6 Å². The minimum Gasteiger partial charge on any atom is -0.388 e. The highest BCUT2D eigenvalue weighted by Gasteiger charge is 2.23. The molecule has 1 aliphatic heterocycles. The van der Waals surface area contributed by atoms with E-state index in [-0.39, 0.29) is 18.5 Å². The fourth-order valence-corrected chi connectivity index (χ4v) is 3.24. The molecule has 6 nitrogen and oxygen atoms in total. The molecule has 1 aliphatic rings. The van der Waals surface area contributed by atoms with Crippen LogP contribution in [0.5, 0.6) is 0 Å². The summed E-state index contributed by atoms with van der Waals surface area (Å²) >= 11 is 0. The molecule has 7 heteroatoms. The van der Waals surface area contributed by atoms with Gasteiger partial charge in [0.05, 0.1) is 11.6 Å². The van der Waals surface area contributed by atoms with Crippen molar-refractivity contribution < 1.29 is 9.36 Å². The van der Waals surface area contributed by atoms with Crippen LogP contribution in [0.2, 0.25) is 0 Å². The Morgan fingerprint density at radius 2 is 1.93 bits per heavy atom. The largest absolute Gasteiger partial charge is 0.388 e. The van der Waals surface area contributed by atoms with Crippen molar-refractivity contribution >= 4 is 18.1 Å². The zero-order chi connectivity index (χ0) is 19.3. The van der Waals surface area contributed by atoms with Crippen molar-refractivity contribution in [1.29, 1.82) is 0 Å². The maximum absolute atomic E-state index is 5.66. The molecule has 0 saturated carbocycles. The lowest BCUT2D eigenvalue weighted by Gasteiger charge is -2.10. The van der Waals surface area contributed by atoms with Crippen molar-refractivity contribution in [2.75, 3.05) is 13.1 Å². The lowest BCUT2D eigenvalue weighted by atomic mass is 10.1. The van der Waals surface area contributed by atoms with Crippen LogP contribution in [0.3, 0.4) is 0 Å². The Bertz CT molecular complexity index is 935. The molecule has 4 rings (SSSR count). The van der Waals surface area contributed by atoms with Gasteiger partial charge in [-0.25, -0.2) is 0 Å². The van der Waals surface area contributed by atoms with Gasteiger partial charge in [-0.1, -0.05) is 64.9 Å². The Morgan fingerprint density at radius 3 is 2.62 bits per heavy atom. The number of hydrogen-bond donors (Lipinski definition) is 1. The molecular weight excluding hydrogens is 388 g/mol. The molecule has 0 spiro atoms. The molecule has 3 aromatic rings. The quantitative estimate of drug-likeness (QED) is 0.467. The van der Waals surface area contributed by atoms with E-state index in [1.54, 1.807) is 0 Å². The summed E-state index contributed by atoms with van der Waals surface area (Å²) in [4.78, 5) is 10.2. The maximum Gasteiger partial charge on any atom is 0.231 e. The van der Waals surface area contributed by atoms with Gasteiger partial charge < -0.3 is 14.7 Å². The van der Waals surface area contributed by atoms with Gasteiger partial charge in [-0.2, -0.15) is 4.98 Å². The normalized spacial score (nSPS) is 17.6. The summed E-state index contributed by atoms with van der Waals surface area (Å²) in [6, 6.07) is 18.0. The number of aromatic nitrogens is 2. The van der Waals surface area contributed by atoms with Gasteiger partial charge in [0.2, 0.25) is 11.7 Å². The van der Waals surface area contributed by atoms with E-state index in [2.05, 4.69) is 20.6 Å². The Morgan fingerprint density at radius 1 is 1.17 bits per heavy atom. The predicted octanol–water partition coefficient (Wildman–Crippen LogP) is 4.74. The van der Waals surface area contributed by atoms with Crippen LogP contribution in [0.1, 0.15) is 49.3 Å². The third kappa shape index (κ3) is 5.02. The lowest BCUT2D eigenvalue weighted by Crippen LogP contribution is -2.08. The monoisotopic (exact) mass is 412 g/mol. The highest BCUT2D eigenvalue weighted by molar-refractivity contribution is 5.98. The number of benzene rings is 2. The first kappa shape index (κ1) is 21.0. The summed E-state index contributed by atoms with van der Waals surface area (Å²) in [6.45, 7) is 5.83. The average molecular weight is 413 g/mol. The van der Waals surface area contributed by atoms with Crippen LogP contribution in [0.25, 0.3) is 11.4 Å². The van der Waals surface area contributed by atoms with Crippen molar-refractivity contribution in [2.24, 2.45) is 5.16 Å². The fourth-order valence-electron chi connectivity index (χ4n) is 3.24. The predicted molar refractivity (Wildman–Crippen MR) is 115 cm³/mol. The van der Waals surface area contributed by atoms with Crippen molar-refractivity contribution in [3.8, 4) is 11.4 Å². The molecule has 0 bridgehead atoms. The number of hydrogen-bond acceptors (Lipinski definition) is 6. The summed E-state index contributed by atoms with van der Waals surface area (Å²) in [7, 11) is 0. The number of oxime groups is 1. The van der Waals surface area contributed by atoms with E-state index >= 15 is 0 Å². The van der Waals surface area contributed by atoms with Crippen LogP contribution >= 0.6 is 12.4 Å². The van der Waals surface area contributed by atoms with Gasteiger partial charge in [-0.15, -0.1) is 12.4 Å². The number of halogens is 1. The van der Waals surface area contributed by atoms with Gasteiger partial charge in [0, 0.05) is 12.1 Å². The molecular formula is C22H25ClN4O2. The van der Waals surface area contributed by atoms with E-state index in [1.807, 2.05) is 68.4 Å². The Balaban J connectivity index is 0.00000240. The molecule has 0 radical (unpaired) electrons. The van der Waals surface area contributed by atoms with Gasteiger partial charge in [-0.05, 0) is 37.9 Å². The Labute approximate surface area is 176 Å². The minimum atomic E-state index is -0.0988. The van der Waals surface area contributed by atoms with Crippen LogP contribution in [-0.2, 0) is 4.84 Å². The highest BCUT2D eigenvalue weighted by atomic mass is 35.5. The topological polar surface area (TPSA) is 72.5 Å². The SMILES string of the molecule is C/C(=N\OC(C)c1ccccc1)c1ccc(-c2noc([C@@H]3CCNC3)n2)cc1.Cl. The number of nitrogens with one attached hydrogen (secondary N) is 1. The summed E-state index contributed by atoms with van der Waals surface area (Å²) in [5.74, 6) is 1.65. The third-order valence-corrected chi connectivity index (χ3v) is 5.03. The summed E-state index contributed by atoms with van der Waals surface area (Å²) in [6.07, 6.45) is 0.940. The van der Waals surface area contributed by atoms with Gasteiger partial charge in [0.15, 0.2) is 0 Å². The summed E-state index contributed by atoms with van der Waals surface area (Å²) in [5.41, 5.74) is 3.84. The first-order valence-corrected chi connectivity index (χ1v) is 9.61. The molecule has 1 unspecified atom stereocenters. The van der Waals surface area contributed by atoms with Crippen molar-refractivity contribution in [3.63, 3.8) is 0 Å².